The normalized spacial score (nSPS) is 11.6. The zero-order chi connectivity index (χ0) is 11.9. The van der Waals surface area contributed by atoms with E-state index in [2.05, 4.69) is 15.0 Å². The van der Waals surface area contributed by atoms with Crippen molar-refractivity contribution in [1.82, 2.24) is 15.0 Å². The van der Waals surface area contributed by atoms with Gasteiger partial charge in [0.2, 0.25) is 10.0 Å². The maximum atomic E-state index is 11.4. The lowest BCUT2D eigenvalue weighted by molar-refractivity contribution is 0.579. The van der Waals surface area contributed by atoms with Gasteiger partial charge in [-0.25, -0.2) is 13.1 Å². The van der Waals surface area contributed by atoms with Crippen molar-refractivity contribution < 1.29 is 8.42 Å². The molecule has 16 heavy (non-hydrogen) atoms. The summed E-state index contributed by atoms with van der Waals surface area (Å²) in [6, 6.07) is 5.60. The Balaban J connectivity index is 2.30. The van der Waals surface area contributed by atoms with Crippen LogP contribution in [0.1, 0.15) is 5.69 Å². The Morgan fingerprint density at radius 3 is 2.75 bits per heavy atom. The van der Waals surface area contributed by atoms with E-state index in [9.17, 15) is 8.42 Å². The highest BCUT2D eigenvalue weighted by Crippen LogP contribution is 1.94. The Kier molecular flexibility index (Phi) is 5.37. The van der Waals surface area contributed by atoms with Gasteiger partial charge in [0, 0.05) is 31.4 Å². The highest BCUT2D eigenvalue weighted by Gasteiger charge is 2.08. The van der Waals surface area contributed by atoms with Gasteiger partial charge in [0.15, 0.2) is 0 Å². The van der Waals surface area contributed by atoms with E-state index < -0.39 is 10.0 Å². The topological polar surface area (TPSA) is 71.1 Å². The lowest BCUT2D eigenvalue weighted by atomic mass is 10.3. The van der Waals surface area contributed by atoms with Crippen molar-refractivity contribution in [2.24, 2.45) is 0 Å². The Morgan fingerprint density at radius 1 is 1.31 bits per heavy atom. The molecular weight excluding hydrogens is 226 g/mol. The summed E-state index contributed by atoms with van der Waals surface area (Å²) in [5.74, 6) is 0.103. The molecule has 0 saturated heterocycles. The molecule has 0 atom stereocenters. The van der Waals surface area contributed by atoms with Crippen LogP contribution in [0.4, 0.5) is 0 Å². The zero-order valence-corrected chi connectivity index (χ0v) is 10.1. The van der Waals surface area contributed by atoms with Crippen LogP contribution in [0.3, 0.4) is 0 Å². The van der Waals surface area contributed by atoms with Gasteiger partial charge in [-0.1, -0.05) is 6.07 Å². The van der Waals surface area contributed by atoms with Crippen molar-refractivity contribution in [3.63, 3.8) is 0 Å². The highest BCUT2D eigenvalue weighted by molar-refractivity contribution is 7.89. The van der Waals surface area contributed by atoms with E-state index in [1.54, 1.807) is 13.2 Å². The molecule has 0 radical (unpaired) electrons. The fourth-order valence-electron chi connectivity index (χ4n) is 1.19. The molecule has 0 unspecified atom stereocenters. The lowest BCUT2D eigenvalue weighted by Crippen LogP contribution is -2.32. The first kappa shape index (κ1) is 13.1. The van der Waals surface area contributed by atoms with Crippen LogP contribution in [0.15, 0.2) is 24.4 Å². The van der Waals surface area contributed by atoms with E-state index in [-0.39, 0.29) is 5.75 Å². The molecule has 90 valence electrons. The Morgan fingerprint density at radius 2 is 2.12 bits per heavy atom. The molecule has 0 saturated carbocycles. The van der Waals surface area contributed by atoms with Crippen LogP contribution in [0, 0.1) is 0 Å². The van der Waals surface area contributed by atoms with Gasteiger partial charge >= 0.3 is 0 Å². The van der Waals surface area contributed by atoms with Gasteiger partial charge in [-0.15, -0.1) is 0 Å². The predicted molar refractivity (Wildman–Crippen MR) is 63.7 cm³/mol. The fraction of sp³-hybridized carbons (Fsp3) is 0.500. The molecule has 0 aliphatic carbocycles. The van der Waals surface area contributed by atoms with Crippen molar-refractivity contribution in [1.29, 1.82) is 0 Å². The van der Waals surface area contributed by atoms with E-state index in [1.807, 2.05) is 18.2 Å². The largest absolute Gasteiger partial charge is 0.319 e. The molecule has 6 heteroatoms. The molecule has 1 aromatic heterocycles. The summed E-state index contributed by atoms with van der Waals surface area (Å²) in [6.07, 6.45) is 2.31. The van der Waals surface area contributed by atoms with Gasteiger partial charge in [0.1, 0.15) is 0 Å². The van der Waals surface area contributed by atoms with E-state index in [1.165, 1.54) is 0 Å². The van der Waals surface area contributed by atoms with Crippen LogP contribution >= 0.6 is 0 Å². The third-order valence-electron chi connectivity index (χ3n) is 2.05. The van der Waals surface area contributed by atoms with Crippen LogP contribution in [-0.2, 0) is 16.4 Å². The van der Waals surface area contributed by atoms with Gasteiger partial charge in [-0.05, 0) is 19.2 Å². The number of sulfonamides is 1. The predicted octanol–water partition coefficient (Wildman–Crippen LogP) is -0.237. The first-order valence-corrected chi connectivity index (χ1v) is 6.81. The number of hydrogen-bond acceptors (Lipinski definition) is 4. The molecule has 0 fully saturated rings. The first-order valence-electron chi connectivity index (χ1n) is 5.16. The minimum absolute atomic E-state index is 0.103. The molecule has 0 aliphatic heterocycles. The maximum absolute atomic E-state index is 11.4. The van der Waals surface area contributed by atoms with Crippen molar-refractivity contribution >= 4 is 10.0 Å². The van der Waals surface area contributed by atoms with Gasteiger partial charge in [0.05, 0.1) is 5.75 Å². The molecule has 1 rings (SSSR count). The van der Waals surface area contributed by atoms with E-state index in [0.29, 0.717) is 19.5 Å². The first-order chi connectivity index (χ1) is 7.64. The molecule has 0 amide bonds. The van der Waals surface area contributed by atoms with Crippen LogP contribution in [0.5, 0.6) is 0 Å². The molecule has 5 nitrogen and oxygen atoms in total. The van der Waals surface area contributed by atoms with Crippen LogP contribution in [0.2, 0.25) is 0 Å². The van der Waals surface area contributed by atoms with Gasteiger partial charge in [0.25, 0.3) is 0 Å². The summed E-state index contributed by atoms with van der Waals surface area (Å²) in [7, 11) is -1.43. The second kappa shape index (κ2) is 6.57. The van der Waals surface area contributed by atoms with Crippen LogP contribution in [-0.4, -0.2) is 39.3 Å². The van der Waals surface area contributed by atoms with Crippen LogP contribution < -0.4 is 10.0 Å². The number of nitrogens with one attached hydrogen (secondary N) is 2. The molecule has 0 bridgehead atoms. The summed E-state index contributed by atoms with van der Waals surface area (Å²) in [4.78, 5) is 4.11. The van der Waals surface area contributed by atoms with E-state index in [0.717, 1.165) is 5.69 Å². The summed E-state index contributed by atoms with van der Waals surface area (Å²) < 4.78 is 25.4. The molecule has 0 aromatic carbocycles. The number of nitrogens with zero attached hydrogens (tertiary/aromatic N) is 1. The standard InChI is InChI=1S/C10H17N3O2S/c1-11-8-9-16(14,15)13-7-5-10-4-2-3-6-12-10/h2-4,6,11,13H,5,7-9H2,1H3. The van der Waals surface area contributed by atoms with Gasteiger partial charge in [-0.2, -0.15) is 0 Å². The quantitative estimate of drug-likeness (QED) is 0.693. The minimum atomic E-state index is -3.15. The second-order valence-corrected chi connectivity index (χ2v) is 5.31. The number of rotatable bonds is 7. The maximum Gasteiger partial charge on any atom is 0.212 e. The van der Waals surface area contributed by atoms with Gasteiger partial charge < -0.3 is 5.32 Å². The van der Waals surface area contributed by atoms with E-state index >= 15 is 0 Å². The molecule has 0 aliphatic rings. The highest BCUT2D eigenvalue weighted by atomic mass is 32.2. The smallest absolute Gasteiger partial charge is 0.212 e. The van der Waals surface area contributed by atoms with Crippen molar-refractivity contribution in [3.05, 3.63) is 30.1 Å². The molecule has 1 aromatic rings. The summed E-state index contributed by atoms with van der Waals surface area (Å²) in [5.41, 5.74) is 0.888. The average molecular weight is 243 g/mol. The van der Waals surface area contributed by atoms with Crippen molar-refractivity contribution in [2.75, 3.05) is 25.9 Å². The monoisotopic (exact) mass is 243 g/mol. The fourth-order valence-corrected chi connectivity index (χ4v) is 2.22. The van der Waals surface area contributed by atoms with Crippen molar-refractivity contribution in [2.45, 2.75) is 6.42 Å². The Hall–Kier alpha value is -0.980. The average Bonchev–Trinajstić information content (AvgIpc) is 2.28. The Labute approximate surface area is 96.3 Å². The lowest BCUT2D eigenvalue weighted by Gasteiger charge is -2.05. The van der Waals surface area contributed by atoms with Crippen LogP contribution in [0.25, 0.3) is 0 Å². The van der Waals surface area contributed by atoms with Crippen molar-refractivity contribution in [3.8, 4) is 0 Å². The number of aromatic nitrogens is 1. The summed E-state index contributed by atoms with van der Waals surface area (Å²) >= 11 is 0. The second-order valence-electron chi connectivity index (χ2n) is 3.39. The molecule has 0 spiro atoms. The minimum Gasteiger partial charge on any atom is -0.319 e. The zero-order valence-electron chi connectivity index (χ0n) is 9.31. The van der Waals surface area contributed by atoms with Gasteiger partial charge in [-0.3, -0.25) is 4.98 Å². The number of hydrogen-bond donors (Lipinski definition) is 2. The SMILES string of the molecule is CNCCS(=O)(=O)NCCc1ccccn1. The molecule has 1 heterocycles. The third kappa shape index (κ3) is 5.20. The third-order valence-corrected chi connectivity index (χ3v) is 3.44. The molecular formula is C10H17N3O2S. The summed E-state index contributed by atoms with van der Waals surface area (Å²) in [6.45, 7) is 0.849. The molecule has 2 N–H and O–H groups in total. The van der Waals surface area contributed by atoms with E-state index in [4.69, 9.17) is 0 Å². The number of pyridine rings is 1. The Bertz CT molecular complexity index is 392. The summed E-state index contributed by atoms with van der Waals surface area (Å²) in [5, 5.41) is 2.80.